The number of aliphatic hydroxyl groups excluding tert-OH is 1. The van der Waals surface area contributed by atoms with Gasteiger partial charge in [0.05, 0.1) is 0 Å². The molecule has 1 unspecified atom stereocenters. The van der Waals surface area contributed by atoms with Gasteiger partial charge in [0.1, 0.15) is 0 Å². The second kappa shape index (κ2) is 5.67. The molecule has 3 nitrogen and oxygen atoms in total. The topological polar surface area (TPSA) is 59.1 Å². The van der Waals surface area contributed by atoms with Crippen molar-refractivity contribution < 1.29 is 5.11 Å². The Balaban J connectivity index is 2.35. The van der Waals surface area contributed by atoms with Crippen LogP contribution in [0.25, 0.3) is 0 Å². The van der Waals surface area contributed by atoms with E-state index in [2.05, 4.69) is 4.98 Å². The summed E-state index contributed by atoms with van der Waals surface area (Å²) in [5.74, 6) is 0. The van der Waals surface area contributed by atoms with Crippen LogP contribution < -0.4 is 5.73 Å². The van der Waals surface area contributed by atoms with Gasteiger partial charge >= 0.3 is 0 Å². The Bertz CT molecular complexity index is 226. The van der Waals surface area contributed by atoms with Gasteiger partial charge in [-0.3, -0.25) is 4.98 Å². The average Bonchev–Trinajstić information content (AvgIpc) is 2.19. The summed E-state index contributed by atoms with van der Waals surface area (Å²) in [6, 6.07) is 3.95. The Morgan fingerprint density at radius 3 is 2.62 bits per heavy atom. The van der Waals surface area contributed by atoms with Crippen molar-refractivity contribution >= 4 is 0 Å². The summed E-state index contributed by atoms with van der Waals surface area (Å²) >= 11 is 0. The predicted octanol–water partition coefficient (Wildman–Crippen LogP) is 1.24. The van der Waals surface area contributed by atoms with E-state index in [1.54, 1.807) is 12.4 Å². The monoisotopic (exact) mass is 180 g/mol. The smallest absolute Gasteiger partial charge is 0.0431 e. The van der Waals surface area contributed by atoms with E-state index in [1.165, 1.54) is 0 Å². The fourth-order valence-electron chi connectivity index (χ4n) is 1.25. The molecule has 3 heteroatoms. The second-order valence-electron chi connectivity index (χ2n) is 3.11. The van der Waals surface area contributed by atoms with Gasteiger partial charge in [-0.25, -0.2) is 0 Å². The van der Waals surface area contributed by atoms with Gasteiger partial charge in [-0.15, -0.1) is 0 Å². The molecule has 0 saturated heterocycles. The van der Waals surface area contributed by atoms with Crippen LogP contribution in [0.3, 0.4) is 0 Å². The molecule has 0 aromatic carbocycles. The van der Waals surface area contributed by atoms with Crippen LogP contribution in [-0.2, 0) is 0 Å². The van der Waals surface area contributed by atoms with E-state index >= 15 is 0 Å². The second-order valence-corrected chi connectivity index (χ2v) is 3.11. The molecule has 0 amide bonds. The zero-order valence-corrected chi connectivity index (χ0v) is 7.69. The number of nitrogens with zero attached hydrogens (tertiary/aromatic N) is 1. The van der Waals surface area contributed by atoms with Crippen molar-refractivity contribution in [3.05, 3.63) is 30.1 Å². The number of nitrogens with two attached hydrogens (primary N) is 1. The highest BCUT2D eigenvalue weighted by atomic mass is 16.2. The molecule has 0 fully saturated rings. The third kappa shape index (κ3) is 3.53. The minimum absolute atomic E-state index is 0.0783. The van der Waals surface area contributed by atoms with Gasteiger partial charge in [0.25, 0.3) is 0 Å². The molecule has 0 bridgehead atoms. The Morgan fingerprint density at radius 1 is 1.31 bits per heavy atom. The molecule has 1 atom stereocenters. The molecular weight excluding hydrogens is 164 g/mol. The fraction of sp³-hybridized carbons (Fsp3) is 0.500. The Morgan fingerprint density at radius 2 is 2.00 bits per heavy atom. The summed E-state index contributed by atoms with van der Waals surface area (Å²) in [6.07, 6.45) is 6.23. The first-order chi connectivity index (χ1) is 6.34. The van der Waals surface area contributed by atoms with Gasteiger partial charge in [0.2, 0.25) is 0 Å². The van der Waals surface area contributed by atoms with Crippen LogP contribution in [-0.4, -0.2) is 16.7 Å². The van der Waals surface area contributed by atoms with Crippen LogP contribution >= 0.6 is 0 Å². The lowest BCUT2D eigenvalue weighted by Gasteiger charge is -2.10. The highest BCUT2D eigenvalue weighted by molar-refractivity contribution is 5.13. The molecule has 1 heterocycles. The molecule has 1 aromatic rings. The maximum atomic E-state index is 8.60. The lowest BCUT2D eigenvalue weighted by Crippen LogP contribution is -2.10. The van der Waals surface area contributed by atoms with Crippen molar-refractivity contribution in [2.75, 3.05) is 6.61 Å². The van der Waals surface area contributed by atoms with Crippen LogP contribution in [0.2, 0.25) is 0 Å². The molecule has 0 radical (unpaired) electrons. The van der Waals surface area contributed by atoms with Crippen LogP contribution in [0.4, 0.5) is 0 Å². The van der Waals surface area contributed by atoms with Crippen LogP contribution in [0.1, 0.15) is 30.9 Å². The van der Waals surface area contributed by atoms with E-state index in [-0.39, 0.29) is 12.6 Å². The zero-order valence-electron chi connectivity index (χ0n) is 7.69. The summed E-state index contributed by atoms with van der Waals surface area (Å²) in [6.45, 7) is 0.253. The fourth-order valence-corrected chi connectivity index (χ4v) is 1.25. The average molecular weight is 180 g/mol. The molecule has 0 spiro atoms. The normalized spacial score (nSPS) is 12.8. The minimum atomic E-state index is 0.0783. The number of aromatic nitrogens is 1. The van der Waals surface area contributed by atoms with Gasteiger partial charge in [-0.1, -0.05) is 0 Å². The van der Waals surface area contributed by atoms with Gasteiger partial charge in [0.15, 0.2) is 0 Å². The highest BCUT2D eigenvalue weighted by Gasteiger charge is 2.03. The SMILES string of the molecule is NC(CCCCO)c1ccncc1. The van der Waals surface area contributed by atoms with Gasteiger partial charge in [0, 0.05) is 25.0 Å². The molecule has 0 aliphatic carbocycles. The predicted molar refractivity (Wildman–Crippen MR) is 52.1 cm³/mol. The number of pyridine rings is 1. The van der Waals surface area contributed by atoms with E-state index in [9.17, 15) is 0 Å². The van der Waals surface area contributed by atoms with E-state index in [4.69, 9.17) is 10.8 Å². The number of unbranched alkanes of at least 4 members (excludes halogenated alkanes) is 1. The molecule has 13 heavy (non-hydrogen) atoms. The summed E-state index contributed by atoms with van der Waals surface area (Å²) in [7, 11) is 0. The number of hydrogen-bond acceptors (Lipinski definition) is 3. The van der Waals surface area contributed by atoms with E-state index in [0.717, 1.165) is 24.8 Å². The van der Waals surface area contributed by atoms with Crippen LogP contribution in [0.15, 0.2) is 24.5 Å². The first-order valence-corrected chi connectivity index (χ1v) is 4.61. The van der Waals surface area contributed by atoms with Crippen molar-refractivity contribution in [3.8, 4) is 0 Å². The lowest BCUT2D eigenvalue weighted by molar-refractivity contribution is 0.281. The molecule has 1 rings (SSSR count). The number of hydrogen-bond donors (Lipinski definition) is 2. The van der Waals surface area contributed by atoms with Crippen molar-refractivity contribution in [2.24, 2.45) is 5.73 Å². The molecule has 0 saturated carbocycles. The minimum Gasteiger partial charge on any atom is -0.396 e. The van der Waals surface area contributed by atoms with Crippen LogP contribution in [0, 0.1) is 0 Å². The summed E-state index contributed by atoms with van der Waals surface area (Å²) in [5, 5.41) is 8.60. The molecule has 72 valence electrons. The molecule has 1 aromatic heterocycles. The number of aliphatic hydroxyl groups is 1. The van der Waals surface area contributed by atoms with Crippen molar-refractivity contribution in [3.63, 3.8) is 0 Å². The summed E-state index contributed by atoms with van der Waals surface area (Å²) < 4.78 is 0. The highest BCUT2D eigenvalue weighted by Crippen LogP contribution is 2.14. The number of rotatable bonds is 5. The van der Waals surface area contributed by atoms with E-state index in [1.807, 2.05) is 12.1 Å². The zero-order chi connectivity index (χ0) is 9.52. The molecule has 0 aliphatic heterocycles. The van der Waals surface area contributed by atoms with Gasteiger partial charge < -0.3 is 10.8 Å². The third-order valence-electron chi connectivity index (χ3n) is 2.06. The van der Waals surface area contributed by atoms with Crippen LogP contribution in [0.5, 0.6) is 0 Å². The summed E-state index contributed by atoms with van der Waals surface area (Å²) in [5.41, 5.74) is 7.04. The maximum Gasteiger partial charge on any atom is 0.0431 e. The maximum absolute atomic E-state index is 8.60. The Kier molecular flexibility index (Phi) is 4.43. The molecular formula is C10H16N2O. The van der Waals surface area contributed by atoms with Crippen molar-refractivity contribution in [1.82, 2.24) is 4.98 Å². The Hall–Kier alpha value is -0.930. The molecule has 0 aliphatic rings. The first kappa shape index (κ1) is 10.2. The van der Waals surface area contributed by atoms with Crippen molar-refractivity contribution in [1.29, 1.82) is 0 Å². The van der Waals surface area contributed by atoms with E-state index in [0.29, 0.717) is 0 Å². The van der Waals surface area contributed by atoms with Crippen molar-refractivity contribution in [2.45, 2.75) is 25.3 Å². The summed E-state index contributed by atoms with van der Waals surface area (Å²) in [4.78, 5) is 3.93. The van der Waals surface area contributed by atoms with E-state index < -0.39 is 0 Å². The lowest BCUT2D eigenvalue weighted by atomic mass is 10.0. The largest absolute Gasteiger partial charge is 0.396 e. The quantitative estimate of drug-likeness (QED) is 0.670. The Labute approximate surface area is 78.6 Å². The van der Waals surface area contributed by atoms with Gasteiger partial charge in [-0.05, 0) is 37.0 Å². The molecule has 3 N–H and O–H groups in total. The third-order valence-corrected chi connectivity index (χ3v) is 2.06. The first-order valence-electron chi connectivity index (χ1n) is 4.61. The van der Waals surface area contributed by atoms with Gasteiger partial charge in [-0.2, -0.15) is 0 Å². The standard InChI is InChI=1S/C10H16N2O/c11-10(3-1-2-8-13)9-4-6-12-7-5-9/h4-7,10,13H,1-3,8,11H2.